The molecule has 1 heterocycles. The van der Waals surface area contributed by atoms with E-state index in [1.54, 1.807) is 23.5 Å². The van der Waals surface area contributed by atoms with E-state index < -0.39 is 10.0 Å². The number of thiophene rings is 1. The number of nitrogens with zero attached hydrogens (tertiary/aromatic N) is 2. The standard InChI is InChI=1S/C15H17N3O2S2/c1-11(13-3-5-15(6-4-13)22(17,19)20)18(2)9-14-7-12(8-16)10-21-14/h3-7,10-11H,9H2,1-2H3,(H2,17,19,20)/t11-/m0/s1. The van der Waals surface area contributed by atoms with Crippen LogP contribution in [0.4, 0.5) is 0 Å². The Hall–Kier alpha value is -1.72. The summed E-state index contributed by atoms with van der Waals surface area (Å²) in [6.45, 7) is 2.77. The van der Waals surface area contributed by atoms with Crippen LogP contribution in [-0.2, 0) is 16.6 Å². The SMILES string of the molecule is C[C@@H](c1ccc(S(N)(=O)=O)cc1)N(C)Cc1cc(C#N)cs1. The number of rotatable bonds is 5. The van der Waals surface area contributed by atoms with Gasteiger partial charge in [0.2, 0.25) is 10.0 Å². The molecule has 0 bridgehead atoms. The second-order valence-electron chi connectivity index (χ2n) is 5.12. The average Bonchev–Trinajstić information content (AvgIpc) is 2.93. The van der Waals surface area contributed by atoms with Crippen molar-refractivity contribution < 1.29 is 8.42 Å². The maximum Gasteiger partial charge on any atom is 0.238 e. The number of nitrogens with two attached hydrogens (primary N) is 1. The minimum absolute atomic E-state index is 0.113. The van der Waals surface area contributed by atoms with Crippen molar-refractivity contribution in [3.63, 3.8) is 0 Å². The van der Waals surface area contributed by atoms with Crippen molar-refractivity contribution in [3.8, 4) is 6.07 Å². The van der Waals surface area contributed by atoms with Gasteiger partial charge in [0, 0.05) is 22.8 Å². The molecule has 0 spiro atoms. The molecule has 1 atom stereocenters. The topological polar surface area (TPSA) is 87.2 Å². The van der Waals surface area contributed by atoms with E-state index in [0.29, 0.717) is 5.56 Å². The van der Waals surface area contributed by atoms with Crippen molar-refractivity contribution in [3.05, 3.63) is 51.7 Å². The molecule has 0 amide bonds. The first-order valence-corrected chi connectivity index (χ1v) is 9.04. The van der Waals surface area contributed by atoms with Crippen molar-refractivity contribution in [2.45, 2.75) is 24.4 Å². The predicted octanol–water partition coefficient (Wildman–Crippen LogP) is 2.46. The number of hydrogen-bond acceptors (Lipinski definition) is 5. The van der Waals surface area contributed by atoms with Crippen LogP contribution in [0.15, 0.2) is 40.6 Å². The molecular formula is C15H17N3O2S2. The Labute approximate surface area is 134 Å². The van der Waals surface area contributed by atoms with E-state index in [0.717, 1.165) is 17.0 Å². The third-order valence-corrected chi connectivity index (χ3v) is 5.39. The summed E-state index contributed by atoms with van der Waals surface area (Å²) in [6.07, 6.45) is 0. The first-order valence-electron chi connectivity index (χ1n) is 6.62. The summed E-state index contributed by atoms with van der Waals surface area (Å²) in [6, 6.07) is 10.7. The highest BCUT2D eigenvalue weighted by atomic mass is 32.2. The van der Waals surface area contributed by atoms with Gasteiger partial charge in [0.05, 0.1) is 10.5 Å². The van der Waals surface area contributed by atoms with Crippen LogP contribution < -0.4 is 5.14 Å². The summed E-state index contributed by atoms with van der Waals surface area (Å²) in [4.78, 5) is 3.37. The lowest BCUT2D eigenvalue weighted by atomic mass is 10.1. The van der Waals surface area contributed by atoms with Crippen LogP contribution >= 0.6 is 11.3 Å². The van der Waals surface area contributed by atoms with Crippen LogP contribution in [0, 0.1) is 11.3 Å². The quantitative estimate of drug-likeness (QED) is 0.909. The van der Waals surface area contributed by atoms with E-state index in [-0.39, 0.29) is 10.9 Å². The Kier molecular flexibility index (Phi) is 4.98. The first kappa shape index (κ1) is 16.6. The van der Waals surface area contributed by atoms with Crippen molar-refractivity contribution in [1.29, 1.82) is 5.26 Å². The second-order valence-corrected chi connectivity index (χ2v) is 7.68. The summed E-state index contributed by atoms with van der Waals surface area (Å²) in [5.74, 6) is 0. The maximum atomic E-state index is 11.3. The smallest absolute Gasteiger partial charge is 0.238 e. The van der Waals surface area contributed by atoms with E-state index in [2.05, 4.69) is 11.0 Å². The molecule has 22 heavy (non-hydrogen) atoms. The number of primary sulfonamides is 1. The zero-order valence-electron chi connectivity index (χ0n) is 12.4. The molecule has 2 rings (SSSR count). The highest BCUT2D eigenvalue weighted by Gasteiger charge is 2.14. The van der Waals surface area contributed by atoms with E-state index in [9.17, 15) is 8.42 Å². The Morgan fingerprint density at radius 2 is 2.00 bits per heavy atom. The second kappa shape index (κ2) is 6.58. The molecule has 1 aromatic carbocycles. The van der Waals surface area contributed by atoms with Gasteiger partial charge in [-0.2, -0.15) is 5.26 Å². The van der Waals surface area contributed by atoms with Crippen molar-refractivity contribution in [1.82, 2.24) is 4.90 Å². The van der Waals surface area contributed by atoms with Gasteiger partial charge in [0.1, 0.15) is 6.07 Å². The Morgan fingerprint density at radius 1 is 1.36 bits per heavy atom. The summed E-state index contributed by atoms with van der Waals surface area (Å²) in [7, 11) is -1.67. The molecule has 0 saturated carbocycles. The van der Waals surface area contributed by atoms with Gasteiger partial charge in [-0.3, -0.25) is 4.90 Å². The molecule has 1 aromatic heterocycles. The van der Waals surface area contributed by atoms with Crippen molar-refractivity contribution in [2.75, 3.05) is 7.05 Å². The molecule has 116 valence electrons. The van der Waals surface area contributed by atoms with Gasteiger partial charge in [-0.25, -0.2) is 13.6 Å². The third-order valence-electron chi connectivity index (χ3n) is 3.54. The fraction of sp³-hybridized carbons (Fsp3) is 0.267. The zero-order valence-corrected chi connectivity index (χ0v) is 14.0. The summed E-state index contributed by atoms with van der Waals surface area (Å²) < 4.78 is 22.5. The summed E-state index contributed by atoms with van der Waals surface area (Å²) >= 11 is 1.56. The number of sulfonamides is 1. The largest absolute Gasteiger partial charge is 0.295 e. The lowest BCUT2D eigenvalue weighted by molar-refractivity contribution is 0.255. The molecule has 0 radical (unpaired) electrons. The fourth-order valence-electron chi connectivity index (χ4n) is 2.10. The predicted molar refractivity (Wildman–Crippen MR) is 86.7 cm³/mol. The van der Waals surface area contributed by atoms with Crippen molar-refractivity contribution >= 4 is 21.4 Å². The highest BCUT2D eigenvalue weighted by molar-refractivity contribution is 7.89. The van der Waals surface area contributed by atoms with Crippen LogP contribution in [0.3, 0.4) is 0 Å². The molecule has 0 unspecified atom stereocenters. The van der Waals surface area contributed by atoms with Gasteiger partial charge >= 0.3 is 0 Å². The zero-order chi connectivity index (χ0) is 16.3. The normalized spacial score (nSPS) is 13.0. The van der Waals surface area contributed by atoms with Crippen LogP contribution in [0.2, 0.25) is 0 Å². The molecule has 2 aromatic rings. The molecule has 0 aliphatic carbocycles. The van der Waals surface area contributed by atoms with Crippen LogP contribution in [0.1, 0.15) is 29.0 Å². The first-order chi connectivity index (χ1) is 10.3. The van der Waals surface area contributed by atoms with Crippen LogP contribution in [0.25, 0.3) is 0 Å². The molecule has 0 aliphatic rings. The Balaban J connectivity index is 2.10. The number of benzene rings is 1. The fourth-order valence-corrected chi connectivity index (χ4v) is 3.48. The number of nitriles is 1. The van der Waals surface area contributed by atoms with E-state index in [1.165, 1.54) is 12.1 Å². The molecule has 7 heteroatoms. The molecule has 0 fully saturated rings. The van der Waals surface area contributed by atoms with E-state index >= 15 is 0 Å². The highest BCUT2D eigenvalue weighted by Crippen LogP contribution is 2.24. The van der Waals surface area contributed by atoms with Crippen LogP contribution in [-0.4, -0.2) is 20.4 Å². The summed E-state index contributed by atoms with van der Waals surface area (Å²) in [5, 5.41) is 15.8. The van der Waals surface area contributed by atoms with Gasteiger partial charge in [-0.1, -0.05) is 12.1 Å². The van der Waals surface area contributed by atoms with Crippen LogP contribution in [0.5, 0.6) is 0 Å². The van der Waals surface area contributed by atoms with Gasteiger partial charge in [-0.05, 0) is 37.7 Å². The number of hydrogen-bond donors (Lipinski definition) is 1. The van der Waals surface area contributed by atoms with Gasteiger partial charge < -0.3 is 0 Å². The maximum absolute atomic E-state index is 11.3. The molecular weight excluding hydrogens is 318 g/mol. The molecule has 0 saturated heterocycles. The third kappa shape index (κ3) is 3.93. The lowest BCUT2D eigenvalue weighted by Crippen LogP contribution is -2.21. The van der Waals surface area contributed by atoms with Crippen molar-refractivity contribution in [2.24, 2.45) is 5.14 Å². The van der Waals surface area contributed by atoms with E-state index in [4.69, 9.17) is 10.4 Å². The molecule has 2 N–H and O–H groups in total. The monoisotopic (exact) mass is 335 g/mol. The summed E-state index contributed by atoms with van der Waals surface area (Å²) in [5.41, 5.74) is 1.69. The minimum Gasteiger partial charge on any atom is -0.295 e. The van der Waals surface area contributed by atoms with Gasteiger partial charge in [-0.15, -0.1) is 11.3 Å². The Morgan fingerprint density at radius 3 is 2.50 bits per heavy atom. The average molecular weight is 335 g/mol. The molecule has 0 aliphatic heterocycles. The lowest BCUT2D eigenvalue weighted by Gasteiger charge is -2.24. The molecule has 5 nitrogen and oxygen atoms in total. The van der Waals surface area contributed by atoms with E-state index in [1.807, 2.05) is 25.4 Å². The minimum atomic E-state index is -3.66. The van der Waals surface area contributed by atoms with Gasteiger partial charge in [0.25, 0.3) is 0 Å². The Bertz CT molecular complexity index is 789. The van der Waals surface area contributed by atoms with Gasteiger partial charge in [0.15, 0.2) is 0 Å².